The van der Waals surface area contributed by atoms with Crippen LogP contribution in [0.15, 0.2) is 23.8 Å². The molecule has 0 saturated carbocycles. The van der Waals surface area contributed by atoms with Crippen LogP contribution in [-0.4, -0.2) is 17.5 Å². The Hall–Kier alpha value is 0.380. The molecular weight excluding hydrogens is 220 g/mol. The Morgan fingerprint density at radius 1 is 1.33 bits per heavy atom. The molecule has 0 aliphatic heterocycles. The summed E-state index contributed by atoms with van der Waals surface area (Å²) in [7, 11) is 0. The number of nitrogens with two attached hydrogens (primary N) is 1. The first-order chi connectivity index (χ1) is 5.96. The minimum atomic E-state index is -1.73. The van der Waals surface area contributed by atoms with Gasteiger partial charge in [0.15, 0.2) is 0 Å². The summed E-state index contributed by atoms with van der Waals surface area (Å²) in [5.74, 6) is -2.92. The third-order valence-electron chi connectivity index (χ3n) is 1.82. The van der Waals surface area contributed by atoms with Crippen molar-refractivity contribution < 1.29 is 78.9 Å². The molecule has 1 atom stereocenters. The average molecular weight is 227 g/mol. The minimum absolute atomic E-state index is 0. The van der Waals surface area contributed by atoms with Crippen molar-refractivity contribution in [1.82, 2.24) is 0 Å². The van der Waals surface area contributed by atoms with E-state index in [4.69, 9.17) is 5.73 Å². The molecule has 0 spiro atoms. The number of carbonyl (C=O) groups excluding carboxylic acids is 2. The molecule has 0 saturated heterocycles. The maximum absolute atomic E-state index is 10.5. The number of carboxylic acids is 2. The van der Waals surface area contributed by atoms with Crippen LogP contribution in [0, 0.1) is 0 Å². The van der Waals surface area contributed by atoms with Gasteiger partial charge in [-0.25, -0.2) is 0 Å². The van der Waals surface area contributed by atoms with Crippen LogP contribution in [0.3, 0.4) is 0 Å². The number of rotatable bonds is 2. The van der Waals surface area contributed by atoms with Gasteiger partial charge in [0.05, 0.1) is 17.5 Å². The maximum atomic E-state index is 10.5. The van der Waals surface area contributed by atoms with Crippen LogP contribution in [0.4, 0.5) is 0 Å². The van der Waals surface area contributed by atoms with Crippen molar-refractivity contribution in [3.63, 3.8) is 0 Å². The maximum Gasteiger partial charge on any atom is 1.00 e. The standard InChI is InChI=1S/C8H9NO4.2Na/c9-8(7(12)13)3-1-2-5(4-8)6(10)11;;/h1-3H,4,9H2,(H,10,11)(H,12,13);;/q;2*+1/p-2. The average Bonchev–Trinajstić information content (AvgIpc) is 2.04. The summed E-state index contributed by atoms with van der Waals surface area (Å²) in [4.78, 5) is 20.9. The van der Waals surface area contributed by atoms with E-state index >= 15 is 0 Å². The third-order valence-corrected chi connectivity index (χ3v) is 1.82. The zero-order valence-corrected chi connectivity index (χ0v) is 12.6. The number of carbonyl (C=O) groups is 2. The van der Waals surface area contributed by atoms with E-state index in [1.165, 1.54) is 18.2 Å². The Kier molecular flexibility index (Phi) is 8.12. The van der Waals surface area contributed by atoms with Crippen LogP contribution in [0.1, 0.15) is 6.42 Å². The number of hydrogen-bond acceptors (Lipinski definition) is 5. The summed E-state index contributed by atoms with van der Waals surface area (Å²) >= 11 is 0. The van der Waals surface area contributed by atoms with Gasteiger partial charge in [0.2, 0.25) is 0 Å². The predicted molar refractivity (Wildman–Crippen MR) is 38.8 cm³/mol. The van der Waals surface area contributed by atoms with Crippen molar-refractivity contribution in [3.8, 4) is 0 Å². The third kappa shape index (κ3) is 4.40. The molecule has 7 heteroatoms. The molecule has 1 aliphatic rings. The summed E-state index contributed by atoms with van der Waals surface area (Å²) in [6.07, 6.45) is 3.40. The van der Waals surface area contributed by atoms with Crippen molar-refractivity contribution in [3.05, 3.63) is 23.8 Å². The molecule has 0 radical (unpaired) electrons. The monoisotopic (exact) mass is 227 g/mol. The van der Waals surface area contributed by atoms with E-state index in [0.29, 0.717) is 0 Å². The summed E-state index contributed by atoms with van der Waals surface area (Å²) in [6.45, 7) is 0. The molecule has 1 unspecified atom stereocenters. The molecule has 0 aromatic heterocycles. The first-order valence-corrected chi connectivity index (χ1v) is 3.56. The molecule has 1 aliphatic carbocycles. The van der Waals surface area contributed by atoms with E-state index < -0.39 is 17.5 Å². The zero-order valence-electron chi connectivity index (χ0n) is 8.65. The Labute approximate surface area is 131 Å². The van der Waals surface area contributed by atoms with Gasteiger partial charge in [0.25, 0.3) is 0 Å². The van der Waals surface area contributed by atoms with Crippen LogP contribution in [0.2, 0.25) is 0 Å². The number of hydrogen-bond donors (Lipinski definition) is 1. The number of aliphatic carboxylic acids is 2. The first-order valence-electron chi connectivity index (χ1n) is 3.56. The molecule has 0 aromatic carbocycles. The Morgan fingerprint density at radius 2 is 1.87 bits per heavy atom. The summed E-state index contributed by atoms with van der Waals surface area (Å²) in [5.41, 5.74) is 3.47. The molecule has 5 nitrogen and oxygen atoms in total. The molecule has 15 heavy (non-hydrogen) atoms. The van der Waals surface area contributed by atoms with E-state index in [1.807, 2.05) is 0 Å². The quantitative estimate of drug-likeness (QED) is 0.471. The number of allylic oxidation sites excluding steroid dienone is 2. The van der Waals surface area contributed by atoms with Crippen LogP contribution in [-0.2, 0) is 9.59 Å². The molecule has 0 amide bonds. The zero-order chi connectivity index (χ0) is 10.1. The van der Waals surface area contributed by atoms with E-state index in [2.05, 4.69) is 0 Å². The van der Waals surface area contributed by atoms with Crippen molar-refractivity contribution >= 4 is 11.9 Å². The second kappa shape index (κ2) is 6.85. The topological polar surface area (TPSA) is 106 Å². The van der Waals surface area contributed by atoms with Gasteiger partial charge in [-0.15, -0.1) is 0 Å². The predicted octanol–water partition coefficient (Wildman–Crippen LogP) is -8.92. The smallest absolute Gasteiger partial charge is 0.548 e. The van der Waals surface area contributed by atoms with Gasteiger partial charge < -0.3 is 25.5 Å². The van der Waals surface area contributed by atoms with Gasteiger partial charge in [-0.3, -0.25) is 0 Å². The Morgan fingerprint density at radius 3 is 2.27 bits per heavy atom. The van der Waals surface area contributed by atoms with Gasteiger partial charge in [-0.05, 0) is 5.57 Å². The molecule has 0 bridgehead atoms. The van der Waals surface area contributed by atoms with E-state index in [1.54, 1.807) is 0 Å². The van der Waals surface area contributed by atoms with Crippen LogP contribution in [0.5, 0.6) is 0 Å². The number of carboxylic acid groups (broad SMARTS) is 2. The fraction of sp³-hybridized carbons (Fsp3) is 0.250. The van der Waals surface area contributed by atoms with Crippen LogP contribution in [0.25, 0.3) is 0 Å². The van der Waals surface area contributed by atoms with E-state index in [-0.39, 0.29) is 71.1 Å². The van der Waals surface area contributed by atoms with Gasteiger partial charge in [-0.2, -0.15) is 0 Å². The van der Waals surface area contributed by atoms with Crippen LogP contribution < -0.4 is 75.1 Å². The Bertz CT molecular complexity index is 327. The molecular formula is C8H7NNa2O4. The fourth-order valence-corrected chi connectivity index (χ4v) is 1.05. The van der Waals surface area contributed by atoms with Gasteiger partial charge in [0.1, 0.15) is 0 Å². The normalized spacial score (nSPS) is 23.1. The minimum Gasteiger partial charge on any atom is -0.548 e. The first kappa shape index (κ1) is 17.8. The molecule has 1 rings (SSSR count). The molecule has 70 valence electrons. The molecule has 0 fully saturated rings. The fourth-order valence-electron chi connectivity index (χ4n) is 1.05. The summed E-state index contributed by atoms with van der Waals surface area (Å²) in [6, 6.07) is 0. The molecule has 0 heterocycles. The van der Waals surface area contributed by atoms with Gasteiger partial charge in [-0.1, -0.05) is 18.2 Å². The van der Waals surface area contributed by atoms with Crippen molar-refractivity contribution in [2.75, 3.05) is 0 Å². The van der Waals surface area contributed by atoms with Gasteiger partial charge >= 0.3 is 59.1 Å². The van der Waals surface area contributed by atoms with Crippen LogP contribution >= 0.6 is 0 Å². The molecule has 0 aromatic rings. The molecule has 2 N–H and O–H groups in total. The summed E-state index contributed by atoms with van der Waals surface area (Å²) in [5, 5.41) is 20.9. The van der Waals surface area contributed by atoms with Crippen molar-refractivity contribution in [2.45, 2.75) is 12.0 Å². The van der Waals surface area contributed by atoms with Crippen molar-refractivity contribution in [2.24, 2.45) is 5.73 Å². The second-order valence-corrected chi connectivity index (χ2v) is 2.84. The Balaban J connectivity index is 0. The summed E-state index contributed by atoms with van der Waals surface area (Å²) < 4.78 is 0. The van der Waals surface area contributed by atoms with Crippen molar-refractivity contribution in [1.29, 1.82) is 0 Å². The van der Waals surface area contributed by atoms with Gasteiger partial charge in [0, 0.05) is 6.42 Å². The second-order valence-electron chi connectivity index (χ2n) is 2.84. The SMILES string of the molecule is NC1(C(=O)[O-])C=CC=C(C(=O)[O-])C1.[Na+].[Na+]. The largest absolute Gasteiger partial charge is 1.00 e. The van der Waals surface area contributed by atoms with E-state index in [0.717, 1.165) is 0 Å². The van der Waals surface area contributed by atoms with E-state index in [9.17, 15) is 19.8 Å².